The van der Waals surface area contributed by atoms with Crippen molar-refractivity contribution in [1.29, 1.82) is 0 Å². The van der Waals surface area contributed by atoms with Crippen LogP contribution in [0.25, 0.3) is 0 Å². The number of carboxylic acids is 1. The van der Waals surface area contributed by atoms with Gasteiger partial charge in [-0.1, -0.05) is 0 Å². The van der Waals surface area contributed by atoms with Gasteiger partial charge in [-0.3, -0.25) is 9.59 Å². The molecule has 0 aliphatic heterocycles. The van der Waals surface area contributed by atoms with Crippen molar-refractivity contribution < 1.29 is 9.90 Å². The molecule has 0 unspecified atom stereocenters. The van der Waals surface area contributed by atoms with Crippen LogP contribution in [-0.4, -0.2) is 15.6 Å². The van der Waals surface area contributed by atoms with Crippen LogP contribution in [0.5, 0.6) is 0 Å². The van der Waals surface area contributed by atoms with Crippen molar-refractivity contribution in [3.8, 4) is 0 Å². The molecular weight excluding hydrogens is 238 g/mol. The summed E-state index contributed by atoms with van der Waals surface area (Å²) in [6.07, 6.45) is 1.46. The molecule has 0 spiro atoms. The molecule has 1 heterocycles. The van der Waals surface area contributed by atoms with Gasteiger partial charge in [0, 0.05) is 16.2 Å². The molecule has 1 N–H and O–H groups in total. The Kier molecular flexibility index (Phi) is 2.87. The smallest absolute Gasteiger partial charge is 0.323 e. The van der Waals surface area contributed by atoms with E-state index in [1.54, 1.807) is 13.0 Å². The van der Waals surface area contributed by atoms with Crippen molar-refractivity contribution in [3.05, 3.63) is 32.7 Å². The fraction of sp³-hybridized carbons (Fsp3) is 0.250. The van der Waals surface area contributed by atoms with Gasteiger partial charge in [0.15, 0.2) is 0 Å². The minimum atomic E-state index is -1.03. The summed E-state index contributed by atoms with van der Waals surface area (Å²) in [5.41, 5.74) is 0.251. The molecule has 0 aromatic carbocycles. The van der Waals surface area contributed by atoms with E-state index < -0.39 is 5.97 Å². The molecule has 1 aromatic rings. The lowest BCUT2D eigenvalue weighted by Crippen LogP contribution is -2.25. The van der Waals surface area contributed by atoms with E-state index in [4.69, 9.17) is 5.11 Å². The van der Waals surface area contributed by atoms with Gasteiger partial charge in [-0.2, -0.15) is 0 Å². The molecule has 4 nitrogen and oxygen atoms in total. The van der Waals surface area contributed by atoms with E-state index in [9.17, 15) is 9.59 Å². The lowest BCUT2D eigenvalue weighted by molar-refractivity contribution is -0.137. The SMILES string of the molecule is Cc1cc(Br)cn(CC(=O)O)c1=O. The molecule has 0 atom stereocenters. The number of aromatic nitrogens is 1. The highest BCUT2D eigenvalue weighted by Gasteiger charge is 2.04. The van der Waals surface area contributed by atoms with Crippen LogP contribution in [0.15, 0.2) is 21.5 Å². The highest BCUT2D eigenvalue weighted by Crippen LogP contribution is 2.07. The van der Waals surface area contributed by atoms with E-state index in [-0.39, 0.29) is 12.1 Å². The third-order valence-electron chi connectivity index (χ3n) is 1.54. The van der Waals surface area contributed by atoms with E-state index in [2.05, 4.69) is 15.9 Å². The number of halogens is 1. The summed E-state index contributed by atoms with van der Waals surface area (Å²) in [5.74, 6) is -1.03. The summed E-state index contributed by atoms with van der Waals surface area (Å²) < 4.78 is 1.85. The monoisotopic (exact) mass is 245 g/mol. The van der Waals surface area contributed by atoms with Crippen LogP contribution in [-0.2, 0) is 11.3 Å². The Bertz CT molecular complexity index is 397. The van der Waals surface area contributed by atoms with Gasteiger partial charge in [0.1, 0.15) is 6.54 Å². The molecule has 13 heavy (non-hydrogen) atoms. The summed E-state index contributed by atoms with van der Waals surface area (Å²) in [4.78, 5) is 21.7. The number of nitrogens with zero attached hydrogens (tertiary/aromatic N) is 1. The van der Waals surface area contributed by atoms with Gasteiger partial charge in [0.05, 0.1) is 0 Å². The first-order valence-electron chi connectivity index (χ1n) is 3.59. The predicted octanol–water partition coefficient (Wildman–Crippen LogP) is 1.00. The van der Waals surface area contributed by atoms with Gasteiger partial charge >= 0.3 is 5.97 Å². The van der Waals surface area contributed by atoms with Crippen LogP contribution in [0.3, 0.4) is 0 Å². The van der Waals surface area contributed by atoms with Crippen molar-refractivity contribution >= 4 is 21.9 Å². The van der Waals surface area contributed by atoms with Gasteiger partial charge in [0.25, 0.3) is 5.56 Å². The van der Waals surface area contributed by atoms with Gasteiger partial charge in [-0.05, 0) is 28.9 Å². The maximum atomic E-state index is 11.3. The van der Waals surface area contributed by atoms with E-state index in [0.717, 1.165) is 4.57 Å². The number of aryl methyl sites for hydroxylation is 1. The Labute approximate surface area is 82.9 Å². The maximum Gasteiger partial charge on any atom is 0.323 e. The Morgan fingerprint density at radius 3 is 2.85 bits per heavy atom. The van der Waals surface area contributed by atoms with Crippen molar-refractivity contribution in [2.45, 2.75) is 13.5 Å². The van der Waals surface area contributed by atoms with Crippen molar-refractivity contribution in [1.82, 2.24) is 4.57 Å². The first-order valence-corrected chi connectivity index (χ1v) is 4.38. The van der Waals surface area contributed by atoms with Gasteiger partial charge in [-0.25, -0.2) is 0 Å². The number of hydrogen-bond acceptors (Lipinski definition) is 2. The topological polar surface area (TPSA) is 59.3 Å². The van der Waals surface area contributed by atoms with Crippen molar-refractivity contribution in [2.75, 3.05) is 0 Å². The van der Waals surface area contributed by atoms with E-state index in [1.807, 2.05) is 0 Å². The fourth-order valence-corrected chi connectivity index (χ4v) is 1.59. The Morgan fingerprint density at radius 2 is 2.31 bits per heavy atom. The van der Waals surface area contributed by atoms with Crippen molar-refractivity contribution in [3.63, 3.8) is 0 Å². The first kappa shape index (κ1) is 9.98. The predicted molar refractivity (Wildman–Crippen MR) is 50.8 cm³/mol. The molecule has 0 saturated carbocycles. The minimum Gasteiger partial charge on any atom is -0.480 e. The molecular formula is C8H8BrNO3. The number of hydrogen-bond donors (Lipinski definition) is 1. The van der Waals surface area contributed by atoms with Gasteiger partial charge in [-0.15, -0.1) is 0 Å². The lowest BCUT2D eigenvalue weighted by atomic mass is 10.3. The molecule has 1 aromatic heterocycles. The molecule has 0 saturated heterocycles. The zero-order valence-electron chi connectivity index (χ0n) is 6.95. The fourth-order valence-electron chi connectivity index (χ4n) is 1.00. The van der Waals surface area contributed by atoms with E-state index in [1.165, 1.54) is 6.20 Å². The van der Waals surface area contributed by atoms with Gasteiger partial charge < -0.3 is 9.67 Å². The summed E-state index contributed by atoms with van der Waals surface area (Å²) in [5, 5.41) is 8.50. The summed E-state index contributed by atoms with van der Waals surface area (Å²) in [6.45, 7) is 1.34. The molecule has 0 aliphatic rings. The summed E-state index contributed by atoms with van der Waals surface area (Å²) >= 11 is 3.18. The first-order chi connectivity index (χ1) is 6.00. The summed E-state index contributed by atoms with van der Waals surface area (Å²) in [6, 6.07) is 1.65. The average Bonchev–Trinajstić information content (AvgIpc) is 1.98. The number of rotatable bonds is 2. The Balaban J connectivity index is 3.21. The van der Waals surface area contributed by atoms with Gasteiger partial charge in [0.2, 0.25) is 0 Å². The normalized spacial score (nSPS) is 10.0. The largest absolute Gasteiger partial charge is 0.480 e. The van der Waals surface area contributed by atoms with Crippen LogP contribution >= 0.6 is 15.9 Å². The molecule has 0 amide bonds. The highest BCUT2D eigenvalue weighted by atomic mass is 79.9. The third-order valence-corrected chi connectivity index (χ3v) is 1.97. The van der Waals surface area contributed by atoms with Crippen LogP contribution in [0.4, 0.5) is 0 Å². The molecule has 0 aliphatic carbocycles. The van der Waals surface area contributed by atoms with Crippen LogP contribution in [0.1, 0.15) is 5.56 Å². The molecule has 0 fully saturated rings. The molecule has 0 radical (unpaired) electrons. The standard InChI is InChI=1S/C8H8BrNO3/c1-5-2-6(9)3-10(8(5)13)4-7(11)12/h2-3H,4H2,1H3,(H,11,12). The van der Waals surface area contributed by atoms with Crippen LogP contribution < -0.4 is 5.56 Å². The molecule has 0 bridgehead atoms. The number of carboxylic acid groups (broad SMARTS) is 1. The molecule has 5 heteroatoms. The zero-order valence-corrected chi connectivity index (χ0v) is 8.54. The van der Waals surface area contributed by atoms with E-state index >= 15 is 0 Å². The second-order valence-corrected chi connectivity index (χ2v) is 3.58. The zero-order chi connectivity index (χ0) is 10.0. The summed E-state index contributed by atoms with van der Waals surface area (Å²) in [7, 11) is 0. The highest BCUT2D eigenvalue weighted by molar-refractivity contribution is 9.10. The second kappa shape index (κ2) is 3.74. The number of pyridine rings is 1. The molecule has 70 valence electrons. The minimum absolute atomic E-state index is 0.273. The Morgan fingerprint density at radius 1 is 1.69 bits per heavy atom. The quantitative estimate of drug-likeness (QED) is 0.846. The van der Waals surface area contributed by atoms with Crippen molar-refractivity contribution in [2.24, 2.45) is 0 Å². The van der Waals surface area contributed by atoms with E-state index in [0.29, 0.717) is 10.0 Å². The third kappa shape index (κ3) is 2.42. The number of carbonyl (C=O) groups is 1. The van der Waals surface area contributed by atoms with Crippen LogP contribution in [0, 0.1) is 6.92 Å². The lowest BCUT2D eigenvalue weighted by Gasteiger charge is -2.03. The number of aliphatic carboxylic acids is 1. The van der Waals surface area contributed by atoms with Crippen LogP contribution in [0.2, 0.25) is 0 Å². The maximum absolute atomic E-state index is 11.3. The molecule has 1 rings (SSSR count). The Hall–Kier alpha value is -1.10. The average molecular weight is 246 g/mol. The second-order valence-electron chi connectivity index (χ2n) is 2.67.